The normalized spacial score (nSPS) is 11.5. The van der Waals surface area contributed by atoms with Gasteiger partial charge in [-0.2, -0.15) is 0 Å². The molecule has 1 heterocycles. The summed E-state index contributed by atoms with van der Waals surface area (Å²) in [6.07, 6.45) is 0.946. The molecule has 0 bridgehead atoms. The molecule has 0 aromatic carbocycles. The summed E-state index contributed by atoms with van der Waals surface area (Å²) in [5, 5.41) is 11.8. The average molecular weight is 227 g/mol. The minimum atomic E-state index is -0.562. The highest BCUT2D eigenvalue weighted by Gasteiger charge is 2.20. The molecule has 0 radical (unpaired) electrons. The third kappa shape index (κ3) is 3.32. The summed E-state index contributed by atoms with van der Waals surface area (Å²) in [6, 6.07) is 3.79. The molecule has 0 aliphatic rings. The van der Waals surface area contributed by atoms with E-state index in [9.17, 15) is 4.79 Å². The van der Waals surface area contributed by atoms with Crippen LogP contribution < -0.4 is 5.32 Å². The molecule has 2 N–H and O–H groups in total. The number of nitrogens with one attached hydrogen (secondary N) is 1. The topological polar surface area (TPSA) is 49.3 Å². The van der Waals surface area contributed by atoms with Crippen LogP contribution >= 0.6 is 11.3 Å². The molecule has 3 nitrogen and oxygen atoms in total. The number of hydrogen-bond donors (Lipinski definition) is 2. The van der Waals surface area contributed by atoms with Gasteiger partial charge in [-0.25, -0.2) is 0 Å². The number of carbonyl (C=O) groups excluding carboxylic acids is 1. The van der Waals surface area contributed by atoms with Crippen molar-refractivity contribution in [1.29, 1.82) is 0 Å². The third-order valence-corrected chi connectivity index (χ3v) is 3.31. The van der Waals surface area contributed by atoms with Crippen molar-refractivity contribution in [3.63, 3.8) is 0 Å². The number of aliphatic hydroxyl groups excluding tert-OH is 1. The number of amides is 1. The van der Waals surface area contributed by atoms with Crippen LogP contribution in [0.5, 0.6) is 0 Å². The fourth-order valence-electron chi connectivity index (χ4n) is 1.10. The highest BCUT2D eigenvalue weighted by molar-refractivity contribution is 7.14. The first-order chi connectivity index (χ1) is 6.98. The van der Waals surface area contributed by atoms with Gasteiger partial charge in [-0.3, -0.25) is 4.79 Å². The maximum Gasteiger partial charge on any atom is 0.261 e. The van der Waals surface area contributed by atoms with E-state index in [0.29, 0.717) is 4.88 Å². The van der Waals surface area contributed by atoms with Gasteiger partial charge < -0.3 is 10.4 Å². The second-order valence-electron chi connectivity index (χ2n) is 4.12. The molecule has 1 aromatic heterocycles. The van der Waals surface area contributed by atoms with Crippen LogP contribution in [-0.2, 0) is 6.42 Å². The number of aryl methyl sites for hydroxylation is 1. The summed E-state index contributed by atoms with van der Waals surface area (Å²) >= 11 is 1.50. The minimum absolute atomic E-state index is 0.0647. The zero-order chi connectivity index (χ0) is 11.5. The lowest BCUT2D eigenvalue weighted by Crippen LogP contribution is -2.46. The highest BCUT2D eigenvalue weighted by atomic mass is 32.1. The molecule has 0 atom stereocenters. The Balaban J connectivity index is 2.69. The van der Waals surface area contributed by atoms with E-state index in [4.69, 9.17) is 5.11 Å². The Hall–Kier alpha value is -0.870. The number of thiophene rings is 1. The minimum Gasteiger partial charge on any atom is -0.394 e. The zero-order valence-electron chi connectivity index (χ0n) is 9.33. The van der Waals surface area contributed by atoms with Gasteiger partial charge in [0.05, 0.1) is 17.0 Å². The Bertz CT molecular complexity index is 344. The van der Waals surface area contributed by atoms with E-state index in [2.05, 4.69) is 12.2 Å². The molecule has 0 aliphatic heterocycles. The van der Waals surface area contributed by atoms with E-state index in [1.165, 1.54) is 16.2 Å². The maximum absolute atomic E-state index is 11.7. The summed E-state index contributed by atoms with van der Waals surface area (Å²) in [5.74, 6) is -0.112. The molecule has 0 aliphatic carbocycles. The van der Waals surface area contributed by atoms with Gasteiger partial charge in [-0.05, 0) is 32.4 Å². The molecule has 4 heteroatoms. The van der Waals surface area contributed by atoms with Gasteiger partial charge in [0, 0.05) is 4.88 Å². The van der Waals surface area contributed by atoms with Gasteiger partial charge in [-0.15, -0.1) is 11.3 Å². The van der Waals surface area contributed by atoms with Crippen LogP contribution in [0.4, 0.5) is 0 Å². The highest BCUT2D eigenvalue weighted by Crippen LogP contribution is 2.17. The fraction of sp³-hybridized carbons (Fsp3) is 0.545. The number of rotatable bonds is 4. The van der Waals surface area contributed by atoms with Crippen molar-refractivity contribution in [1.82, 2.24) is 5.32 Å². The predicted molar refractivity (Wildman–Crippen MR) is 62.3 cm³/mol. The van der Waals surface area contributed by atoms with Crippen LogP contribution in [0, 0.1) is 0 Å². The molecule has 0 fully saturated rings. The summed E-state index contributed by atoms with van der Waals surface area (Å²) in [7, 11) is 0. The number of hydrogen-bond acceptors (Lipinski definition) is 3. The monoisotopic (exact) mass is 227 g/mol. The molecule has 15 heavy (non-hydrogen) atoms. The molecule has 1 aromatic rings. The lowest BCUT2D eigenvalue weighted by Gasteiger charge is -2.22. The standard InChI is InChI=1S/C11H17NO2S/c1-4-8-5-6-9(15-8)10(14)12-11(2,3)7-13/h5-6,13H,4,7H2,1-3H3,(H,12,14). The molecular weight excluding hydrogens is 210 g/mol. The van der Waals surface area contributed by atoms with Crippen LogP contribution in [0.15, 0.2) is 12.1 Å². The van der Waals surface area contributed by atoms with E-state index in [1.807, 2.05) is 12.1 Å². The van der Waals surface area contributed by atoms with E-state index < -0.39 is 5.54 Å². The van der Waals surface area contributed by atoms with Gasteiger partial charge in [-0.1, -0.05) is 6.92 Å². The maximum atomic E-state index is 11.7. The first-order valence-corrected chi connectivity index (χ1v) is 5.82. The smallest absolute Gasteiger partial charge is 0.261 e. The van der Waals surface area contributed by atoms with E-state index in [-0.39, 0.29) is 12.5 Å². The lowest BCUT2D eigenvalue weighted by atomic mass is 10.1. The van der Waals surface area contributed by atoms with Crippen molar-refractivity contribution in [2.24, 2.45) is 0 Å². The van der Waals surface area contributed by atoms with Gasteiger partial charge in [0.25, 0.3) is 5.91 Å². The summed E-state index contributed by atoms with van der Waals surface area (Å²) < 4.78 is 0. The third-order valence-electron chi connectivity index (χ3n) is 2.08. The van der Waals surface area contributed by atoms with Crippen molar-refractivity contribution in [3.8, 4) is 0 Å². The Morgan fingerprint density at radius 3 is 2.67 bits per heavy atom. The van der Waals surface area contributed by atoms with Crippen LogP contribution in [0.2, 0.25) is 0 Å². The molecule has 1 rings (SSSR count). The fourth-order valence-corrected chi connectivity index (χ4v) is 1.94. The molecular formula is C11H17NO2S. The van der Waals surface area contributed by atoms with Gasteiger partial charge >= 0.3 is 0 Å². The van der Waals surface area contributed by atoms with Crippen LogP contribution in [-0.4, -0.2) is 23.2 Å². The van der Waals surface area contributed by atoms with Crippen LogP contribution in [0.1, 0.15) is 35.3 Å². The van der Waals surface area contributed by atoms with Crippen molar-refractivity contribution < 1.29 is 9.90 Å². The summed E-state index contributed by atoms with van der Waals surface area (Å²) in [4.78, 5) is 13.6. The molecule has 0 saturated heterocycles. The van der Waals surface area contributed by atoms with Gasteiger partial charge in [0.2, 0.25) is 0 Å². The Labute approximate surface area is 94.1 Å². The van der Waals surface area contributed by atoms with Crippen molar-refractivity contribution in [2.75, 3.05) is 6.61 Å². The van der Waals surface area contributed by atoms with E-state index >= 15 is 0 Å². The first kappa shape index (κ1) is 12.2. The van der Waals surface area contributed by atoms with Crippen LogP contribution in [0.25, 0.3) is 0 Å². The molecule has 1 amide bonds. The van der Waals surface area contributed by atoms with Crippen molar-refractivity contribution in [3.05, 3.63) is 21.9 Å². The van der Waals surface area contributed by atoms with Crippen LogP contribution in [0.3, 0.4) is 0 Å². The first-order valence-electron chi connectivity index (χ1n) is 5.00. The predicted octanol–water partition coefficient (Wildman–Crippen LogP) is 1.81. The zero-order valence-corrected chi connectivity index (χ0v) is 10.1. The summed E-state index contributed by atoms with van der Waals surface area (Å²) in [5.41, 5.74) is -0.562. The molecule has 0 saturated carbocycles. The quantitative estimate of drug-likeness (QED) is 0.824. The van der Waals surface area contributed by atoms with E-state index in [0.717, 1.165) is 6.42 Å². The van der Waals surface area contributed by atoms with Crippen molar-refractivity contribution >= 4 is 17.2 Å². The van der Waals surface area contributed by atoms with E-state index in [1.54, 1.807) is 13.8 Å². The SMILES string of the molecule is CCc1ccc(C(=O)NC(C)(C)CO)s1. The molecule has 84 valence electrons. The van der Waals surface area contributed by atoms with Crippen molar-refractivity contribution in [2.45, 2.75) is 32.7 Å². The van der Waals surface area contributed by atoms with Gasteiger partial charge in [0.1, 0.15) is 0 Å². The lowest BCUT2D eigenvalue weighted by molar-refractivity contribution is 0.0873. The summed E-state index contributed by atoms with van der Waals surface area (Å²) in [6.45, 7) is 5.58. The Morgan fingerprint density at radius 2 is 2.20 bits per heavy atom. The largest absolute Gasteiger partial charge is 0.394 e. The molecule has 0 spiro atoms. The number of carbonyl (C=O) groups is 1. The second-order valence-corrected chi connectivity index (χ2v) is 5.28. The molecule has 0 unspecified atom stereocenters. The Morgan fingerprint density at radius 1 is 1.53 bits per heavy atom. The van der Waals surface area contributed by atoms with Gasteiger partial charge in [0.15, 0.2) is 0 Å². The Kier molecular flexibility index (Phi) is 3.88. The number of aliphatic hydroxyl groups is 1. The average Bonchev–Trinajstić information content (AvgIpc) is 2.65. The second kappa shape index (κ2) is 4.77.